The van der Waals surface area contributed by atoms with E-state index < -0.39 is 0 Å². The number of aromatic nitrogens is 1. The summed E-state index contributed by atoms with van der Waals surface area (Å²) in [5.41, 5.74) is 1.03. The number of benzene rings is 1. The molecule has 1 aromatic carbocycles. The fraction of sp³-hybridized carbons (Fsp3) is 0.182. The van der Waals surface area contributed by atoms with Crippen LogP contribution in [0.3, 0.4) is 0 Å². The van der Waals surface area contributed by atoms with Crippen molar-refractivity contribution in [3.05, 3.63) is 38.8 Å². The van der Waals surface area contributed by atoms with Gasteiger partial charge in [-0.3, -0.25) is 0 Å². The third-order valence-corrected chi connectivity index (χ3v) is 4.14. The topological polar surface area (TPSA) is 33.1 Å². The number of aliphatic hydroxyl groups excluding tert-OH is 1. The van der Waals surface area contributed by atoms with Crippen LogP contribution in [-0.4, -0.2) is 16.7 Å². The smallest absolute Gasteiger partial charge is 0.143 e. The number of hydrogen-bond acceptors (Lipinski definition) is 3. The van der Waals surface area contributed by atoms with Crippen LogP contribution in [0.25, 0.3) is 10.6 Å². The zero-order valence-corrected chi connectivity index (χ0v) is 11.4. The van der Waals surface area contributed by atoms with Crippen LogP contribution in [0.2, 0.25) is 5.15 Å². The Labute approximate surface area is 111 Å². The van der Waals surface area contributed by atoms with Gasteiger partial charge >= 0.3 is 0 Å². The highest BCUT2D eigenvalue weighted by Crippen LogP contribution is 2.32. The maximum atomic E-state index is 8.88. The molecule has 0 saturated heterocycles. The number of nitrogens with zero attached hydrogens (tertiary/aromatic N) is 1. The van der Waals surface area contributed by atoms with Gasteiger partial charge in [-0.2, -0.15) is 0 Å². The van der Waals surface area contributed by atoms with Gasteiger partial charge in [0.2, 0.25) is 0 Å². The summed E-state index contributed by atoms with van der Waals surface area (Å²) in [4.78, 5) is 5.22. The predicted octanol–water partition coefficient (Wildman–Crippen LogP) is 3.76. The van der Waals surface area contributed by atoms with E-state index >= 15 is 0 Å². The predicted molar refractivity (Wildman–Crippen MR) is 71.0 cm³/mol. The van der Waals surface area contributed by atoms with E-state index in [9.17, 15) is 0 Å². The van der Waals surface area contributed by atoms with E-state index in [1.54, 1.807) is 0 Å². The minimum atomic E-state index is 0.0971. The van der Waals surface area contributed by atoms with Crippen molar-refractivity contribution in [2.45, 2.75) is 6.42 Å². The maximum absolute atomic E-state index is 8.88. The van der Waals surface area contributed by atoms with Gasteiger partial charge in [0.15, 0.2) is 0 Å². The van der Waals surface area contributed by atoms with Crippen LogP contribution in [0.4, 0.5) is 0 Å². The lowest BCUT2D eigenvalue weighted by Crippen LogP contribution is -1.86. The average Bonchev–Trinajstić information content (AvgIpc) is 2.61. The molecule has 0 bridgehead atoms. The zero-order valence-electron chi connectivity index (χ0n) is 8.28. The number of hydrogen-bond donors (Lipinski definition) is 1. The van der Waals surface area contributed by atoms with E-state index in [1.165, 1.54) is 11.3 Å². The van der Waals surface area contributed by atoms with Crippen molar-refractivity contribution in [2.24, 2.45) is 0 Å². The Kier molecular flexibility index (Phi) is 3.97. The normalized spacial score (nSPS) is 10.7. The number of thiazole rings is 1. The lowest BCUT2D eigenvalue weighted by Gasteiger charge is -1.95. The standard InChI is InChI=1S/C11H9BrClNOS/c12-8-3-1-2-7(6-8)11-14-10(13)9(16-11)4-5-15/h1-3,6,15H,4-5H2. The van der Waals surface area contributed by atoms with Gasteiger partial charge < -0.3 is 5.11 Å². The molecule has 5 heteroatoms. The maximum Gasteiger partial charge on any atom is 0.143 e. The van der Waals surface area contributed by atoms with Crippen molar-refractivity contribution in [1.82, 2.24) is 4.98 Å². The lowest BCUT2D eigenvalue weighted by atomic mass is 10.2. The molecule has 0 saturated carbocycles. The van der Waals surface area contributed by atoms with E-state index in [4.69, 9.17) is 16.7 Å². The molecule has 2 rings (SSSR count). The highest BCUT2D eigenvalue weighted by molar-refractivity contribution is 9.10. The Bertz CT molecular complexity index is 500. The Balaban J connectivity index is 2.37. The van der Waals surface area contributed by atoms with Gasteiger partial charge in [0.25, 0.3) is 0 Å². The summed E-state index contributed by atoms with van der Waals surface area (Å²) in [6.07, 6.45) is 0.560. The molecule has 0 aliphatic rings. The second-order valence-corrected chi connectivity index (χ2v) is 5.57. The Morgan fingerprint density at radius 2 is 2.25 bits per heavy atom. The monoisotopic (exact) mass is 317 g/mol. The first-order valence-corrected chi connectivity index (χ1v) is 6.71. The number of aliphatic hydroxyl groups is 1. The molecule has 0 amide bonds. The summed E-state index contributed by atoms with van der Waals surface area (Å²) >= 11 is 10.9. The molecule has 0 aliphatic carbocycles. The van der Waals surface area contributed by atoms with E-state index in [2.05, 4.69) is 20.9 Å². The molecule has 0 fully saturated rings. The fourth-order valence-corrected chi connectivity index (χ4v) is 3.02. The highest BCUT2D eigenvalue weighted by Gasteiger charge is 2.10. The molecule has 1 aromatic heterocycles. The van der Waals surface area contributed by atoms with Crippen molar-refractivity contribution in [2.75, 3.05) is 6.61 Å². The molecule has 84 valence electrons. The van der Waals surface area contributed by atoms with Crippen LogP contribution in [0.5, 0.6) is 0 Å². The van der Waals surface area contributed by atoms with Crippen molar-refractivity contribution < 1.29 is 5.11 Å². The molecule has 0 atom stereocenters. The molecule has 1 heterocycles. The lowest BCUT2D eigenvalue weighted by molar-refractivity contribution is 0.300. The van der Waals surface area contributed by atoms with E-state index in [-0.39, 0.29) is 6.61 Å². The SMILES string of the molecule is OCCc1sc(-c2cccc(Br)c2)nc1Cl. The van der Waals surface area contributed by atoms with Gasteiger partial charge in [0, 0.05) is 27.9 Å². The Morgan fingerprint density at radius 3 is 2.94 bits per heavy atom. The van der Waals surface area contributed by atoms with Crippen LogP contribution in [0.15, 0.2) is 28.7 Å². The van der Waals surface area contributed by atoms with Gasteiger partial charge in [0.05, 0.1) is 0 Å². The average molecular weight is 319 g/mol. The van der Waals surface area contributed by atoms with Gasteiger partial charge in [-0.1, -0.05) is 39.7 Å². The Hall–Kier alpha value is -0.420. The second kappa shape index (κ2) is 5.27. The molecule has 0 spiro atoms. The third kappa shape index (κ3) is 2.63. The van der Waals surface area contributed by atoms with Crippen LogP contribution in [0.1, 0.15) is 4.88 Å². The summed E-state index contributed by atoms with van der Waals surface area (Å²) in [5.74, 6) is 0. The Morgan fingerprint density at radius 1 is 1.44 bits per heavy atom. The molecule has 16 heavy (non-hydrogen) atoms. The molecule has 1 N–H and O–H groups in total. The van der Waals surface area contributed by atoms with Gasteiger partial charge in [-0.05, 0) is 12.1 Å². The summed E-state index contributed by atoms with van der Waals surface area (Å²) in [5, 5.41) is 10.3. The van der Waals surface area contributed by atoms with Crippen LogP contribution < -0.4 is 0 Å². The number of rotatable bonds is 3. The van der Waals surface area contributed by atoms with E-state index in [1.807, 2.05) is 24.3 Å². The largest absolute Gasteiger partial charge is 0.396 e. The van der Waals surface area contributed by atoms with Gasteiger partial charge in [-0.15, -0.1) is 11.3 Å². The van der Waals surface area contributed by atoms with Crippen LogP contribution >= 0.6 is 38.9 Å². The van der Waals surface area contributed by atoms with Crippen molar-refractivity contribution >= 4 is 38.9 Å². The minimum absolute atomic E-state index is 0.0971. The van der Waals surface area contributed by atoms with Crippen molar-refractivity contribution in [3.8, 4) is 10.6 Å². The summed E-state index contributed by atoms with van der Waals surface area (Å²) in [6, 6.07) is 7.91. The summed E-state index contributed by atoms with van der Waals surface area (Å²) in [7, 11) is 0. The molecule has 0 unspecified atom stereocenters. The zero-order chi connectivity index (χ0) is 11.5. The summed E-state index contributed by atoms with van der Waals surface area (Å²) < 4.78 is 1.01. The molecule has 2 aromatic rings. The number of halogens is 2. The summed E-state index contributed by atoms with van der Waals surface area (Å²) in [6.45, 7) is 0.0971. The molecular weight excluding hydrogens is 310 g/mol. The molecule has 2 nitrogen and oxygen atoms in total. The quantitative estimate of drug-likeness (QED) is 0.934. The van der Waals surface area contributed by atoms with Crippen LogP contribution in [-0.2, 0) is 6.42 Å². The van der Waals surface area contributed by atoms with Crippen molar-refractivity contribution in [3.63, 3.8) is 0 Å². The van der Waals surface area contributed by atoms with E-state index in [0.29, 0.717) is 11.6 Å². The third-order valence-electron chi connectivity index (χ3n) is 2.06. The van der Waals surface area contributed by atoms with Crippen LogP contribution in [0, 0.1) is 0 Å². The molecule has 0 aliphatic heterocycles. The van der Waals surface area contributed by atoms with Gasteiger partial charge in [-0.25, -0.2) is 4.98 Å². The van der Waals surface area contributed by atoms with E-state index in [0.717, 1.165) is 19.9 Å². The van der Waals surface area contributed by atoms with Crippen molar-refractivity contribution in [1.29, 1.82) is 0 Å². The first kappa shape index (κ1) is 12.0. The molecular formula is C11H9BrClNOS. The molecule has 0 radical (unpaired) electrons. The minimum Gasteiger partial charge on any atom is -0.396 e. The fourth-order valence-electron chi connectivity index (χ4n) is 1.33. The second-order valence-electron chi connectivity index (χ2n) is 3.22. The highest BCUT2D eigenvalue weighted by atomic mass is 79.9. The first-order valence-electron chi connectivity index (χ1n) is 4.72. The first-order chi connectivity index (χ1) is 7.70. The van der Waals surface area contributed by atoms with Gasteiger partial charge in [0.1, 0.15) is 10.2 Å².